The van der Waals surface area contributed by atoms with E-state index in [2.05, 4.69) is 20.0 Å². The van der Waals surface area contributed by atoms with Gasteiger partial charge < -0.3 is 9.80 Å². The molecule has 0 aromatic carbocycles. The van der Waals surface area contributed by atoms with Gasteiger partial charge in [0.1, 0.15) is 11.6 Å². The van der Waals surface area contributed by atoms with Gasteiger partial charge in [-0.2, -0.15) is 16.4 Å². The van der Waals surface area contributed by atoms with Crippen molar-refractivity contribution in [3.05, 3.63) is 51.7 Å². The van der Waals surface area contributed by atoms with Gasteiger partial charge in [-0.1, -0.05) is 0 Å². The average molecular weight is 382 g/mol. The molecule has 27 heavy (non-hydrogen) atoms. The summed E-state index contributed by atoms with van der Waals surface area (Å²) in [4.78, 5) is 25.8. The van der Waals surface area contributed by atoms with Crippen LogP contribution in [0.25, 0.3) is 5.82 Å². The van der Waals surface area contributed by atoms with Crippen molar-refractivity contribution in [1.29, 1.82) is 0 Å². The molecule has 8 heteroatoms. The first-order valence-electron chi connectivity index (χ1n) is 8.97. The van der Waals surface area contributed by atoms with Gasteiger partial charge in [0.2, 0.25) is 0 Å². The smallest absolute Gasteiger partial charge is 0.254 e. The van der Waals surface area contributed by atoms with Crippen molar-refractivity contribution in [1.82, 2.24) is 24.6 Å². The van der Waals surface area contributed by atoms with Crippen LogP contribution in [0.2, 0.25) is 0 Å². The van der Waals surface area contributed by atoms with Crippen LogP contribution in [-0.2, 0) is 0 Å². The monoisotopic (exact) mass is 382 g/mol. The van der Waals surface area contributed by atoms with Crippen molar-refractivity contribution in [3.8, 4) is 5.82 Å². The van der Waals surface area contributed by atoms with Crippen LogP contribution in [-0.4, -0.2) is 56.7 Å². The zero-order valence-corrected chi connectivity index (χ0v) is 16.5. The Balaban J connectivity index is 1.51. The van der Waals surface area contributed by atoms with E-state index < -0.39 is 0 Å². The molecule has 140 valence electrons. The lowest BCUT2D eigenvalue weighted by atomic mass is 10.2. The highest BCUT2D eigenvalue weighted by Crippen LogP contribution is 2.20. The molecule has 1 aliphatic heterocycles. The lowest BCUT2D eigenvalue weighted by Crippen LogP contribution is -2.49. The maximum Gasteiger partial charge on any atom is 0.254 e. The van der Waals surface area contributed by atoms with Gasteiger partial charge in [-0.3, -0.25) is 4.79 Å². The summed E-state index contributed by atoms with van der Waals surface area (Å²) in [6.45, 7) is 8.77. The molecule has 0 N–H and O–H groups in total. The van der Waals surface area contributed by atoms with Crippen molar-refractivity contribution in [2.45, 2.75) is 20.8 Å². The molecule has 1 aliphatic rings. The number of rotatable bonds is 3. The predicted molar refractivity (Wildman–Crippen MR) is 106 cm³/mol. The molecule has 4 heterocycles. The van der Waals surface area contributed by atoms with Crippen molar-refractivity contribution >= 4 is 23.1 Å². The fourth-order valence-corrected chi connectivity index (χ4v) is 4.01. The van der Waals surface area contributed by atoms with Crippen LogP contribution in [0, 0.1) is 20.8 Å². The van der Waals surface area contributed by atoms with Crippen molar-refractivity contribution in [2.75, 3.05) is 31.1 Å². The van der Waals surface area contributed by atoms with Crippen LogP contribution >= 0.6 is 11.3 Å². The fraction of sp³-hybridized carbons (Fsp3) is 0.368. The molecule has 0 atom stereocenters. The summed E-state index contributed by atoms with van der Waals surface area (Å²) in [6.07, 6.45) is 0. The molecular weight excluding hydrogens is 360 g/mol. The van der Waals surface area contributed by atoms with E-state index in [1.54, 1.807) is 11.3 Å². The number of piperazine rings is 1. The van der Waals surface area contributed by atoms with Gasteiger partial charge in [0.15, 0.2) is 5.82 Å². The third kappa shape index (κ3) is 3.57. The number of hydrogen-bond acceptors (Lipinski definition) is 6. The quantitative estimate of drug-likeness (QED) is 0.697. The Kier molecular flexibility index (Phi) is 4.65. The van der Waals surface area contributed by atoms with Crippen LogP contribution in [0.1, 0.15) is 27.6 Å². The molecule has 0 aliphatic carbocycles. The standard InChI is InChI=1S/C19H22N6OS/c1-13-10-14(2)25(22-13)18-11-17(20-15(3)21-18)23-5-7-24(8-6-23)19(26)16-4-9-27-12-16/h4,9-12H,5-8H2,1-3H3. The average Bonchev–Trinajstić information content (AvgIpc) is 3.30. The van der Waals surface area contributed by atoms with Crippen molar-refractivity contribution < 1.29 is 4.79 Å². The summed E-state index contributed by atoms with van der Waals surface area (Å²) in [5, 5.41) is 8.37. The van der Waals surface area contributed by atoms with E-state index in [0.29, 0.717) is 18.9 Å². The van der Waals surface area contributed by atoms with Crippen LogP contribution in [0.5, 0.6) is 0 Å². The Bertz CT molecular complexity index is 957. The lowest BCUT2D eigenvalue weighted by molar-refractivity contribution is 0.0747. The molecule has 0 spiro atoms. The Morgan fingerprint density at radius 2 is 1.78 bits per heavy atom. The number of aromatic nitrogens is 4. The molecule has 3 aromatic rings. The SMILES string of the molecule is Cc1cc(C)n(-c2cc(N3CCN(C(=O)c4ccsc4)CC3)nc(C)n2)n1. The summed E-state index contributed by atoms with van der Waals surface area (Å²) >= 11 is 1.55. The Labute approximate surface area is 162 Å². The number of aryl methyl sites for hydroxylation is 3. The predicted octanol–water partition coefficient (Wildman–Crippen LogP) is 2.61. The first-order valence-corrected chi connectivity index (χ1v) is 9.91. The van der Waals surface area contributed by atoms with Crippen LogP contribution in [0.15, 0.2) is 29.0 Å². The van der Waals surface area contributed by atoms with Gasteiger partial charge in [-0.05, 0) is 38.3 Å². The Morgan fingerprint density at radius 1 is 1.04 bits per heavy atom. The van der Waals surface area contributed by atoms with E-state index in [1.807, 2.05) is 59.3 Å². The van der Waals surface area contributed by atoms with Gasteiger partial charge >= 0.3 is 0 Å². The highest BCUT2D eigenvalue weighted by molar-refractivity contribution is 7.08. The second-order valence-corrected chi connectivity index (χ2v) is 7.54. The fourth-order valence-electron chi connectivity index (χ4n) is 3.38. The molecule has 1 amide bonds. The molecule has 0 bridgehead atoms. The molecule has 3 aromatic heterocycles. The molecule has 0 unspecified atom stereocenters. The molecular formula is C19H22N6OS. The molecule has 1 saturated heterocycles. The van der Waals surface area contributed by atoms with Crippen LogP contribution in [0.4, 0.5) is 5.82 Å². The van der Waals surface area contributed by atoms with Gasteiger partial charge in [-0.25, -0.2) is 14.6 Å². The van der Waals surface area contributed by atoms with E-state index in [9.17, 15) is 4.79 Å². The Morgan fingerprint density at radius 3 is 2.41 bits per heavy atom. The lowest BCUT2D eigenvalue weighted by Gasteiger charge is -2.35. The van der Waals surface area contributed by atoms with Crippen LogP contribution < -0.4 is 4.90 Å². The van der Waals surface area contributed by atoms with Gasteiger partial charge in [-0.15, -0.1) is 0 Å². The number of nitrogens with zero attached hydrogens (tertiary/aromatic N) is 6. The van der Waals surface area contributed by atoms with Gasteiger partial charge in [0.05, 0.1) is 11.3 Å². The maximum atomic E-state index is 12.5. The summed E-state index contributed by atoms with van der Waals surface area (Å²) in [5.41, 5.74) is 2.78. The van der Waals surface area contributed by atoms with Gasteiger partial charge in [0.25, 0.3) is 5.91 Å². The molecule has 4 rings (SSSR count). The highest BCUT2D eigenvalue weighted by Gasteiger charge is 2.23. The molecule has 1 fully saturated rings. The summed E-state index contributed by atoms with van der Waals surface area (Å²) < 4.78 is 1.85. The first kappa shape index (κ1) is 17.7. The highest BCUT2D eigenvalue weighted by atomic mass is 32.1. The third-order valence-corrected chi connectivity index (χ3v) is 5.38. The minimum Gasteiger partial charge on any atom is -0.353 e. The summed E-state index contributed by atoms with van der Waals surface area (Å²) in [7, 11) is 0. The first-order chi connectivity index (χ1) is 13.0. The number of thiophene rings is 1. The minimum absolute atomic E-state index is 0.109. The number of anilines is 1. The molecule has 0 radical (unpaired) electrons. The van der Waals surface area contributed by atoms with E-state index in [0.717, 1.165) is 41.7 Å². The summed E-state index contributed by atoms with van der Waals surface area (Å²) in [5.74, 6) is 2.48. The van der Waals surface area contributed by atoms with Crippen molar-refractivity contribution in [3.63, 3.8) is 0 Å². The number of carbonyl (C=O) groups excluding carboxylic acids is 1. The zero-order chi connectivity index (χ0) is 19.0. The largest absolute Gasteiger partial charge is 0.353 e. The number of carbonyl (C=O) groups is 1. The van der Waals surface area contributed by atoms with Gasteiger partial charge in [0, 0.05) is 43.3 Å². The van der Waals surface area contributed by atoms with E-state index in [-0.39, 0.29) is 5.91 Å². The Hall–Kier alpha value is -2.74. The number of hydrogen-bond donors (Lipinski definition) is 0. The third-order valence-electron chi connectivity index (χ3n) is 4.70. The molecule has 0 saturated carbocycles. The van der Waals surface area contributed by atoms with Crippen LogP contribution in [0.3, 0.4) is 0 Å². The maximum absolute atomic E-state index is 12.5. The topological polar surface area (TPSA) is 67.2 Å². The number of amides is 1. The van der Waals surface area contributed by atoms with E-state index in [1.165, 1.54) is 0 Å². The van der Waals surface area contributed by atoms with E-state index >= 15 is 0 Å². The summed E-state index contributed by atoms with van der Waals surface area (Å²) in [6, 6.07) is 5.89. The second kappa shape index (κ2) is 7.11. The second-order valence-electron chi connectivity index (χ2n) is 6.76. The minimum atomic E-state index is 0.109. The molecule has 7 nitrogen and oxygen atoms in total. The normalized spacial score (nSPS) is 14.6. The van der Waals surface area contributed by atoms with E-state index in [4.69, 9.17) is 0 Å². The zero-order valence-electron chi connectivity index (χ0n) is 15.7. The van der Waals surface area contributed by atoms with Crippen molar-refractivity contribution in [2.24, 2.45) is 0 Å².